The molecule has 4 rings (SSSR count). The summed E-state index contributed by atoms with van der Waals surface area (Å²) in [5, 5.41) is 2.86. The average molecular weight is 398 g/mol. The Balaban J connectivity index is 1.93. The molecule has 150 valence electrons. The number of nitrogens with zero attached hydrogens (tertiary/aromatic N) is 1. The molecule has 0 aliphatic carbocycles. The topological polar surface area (TPSA) is 64.2 Å². The zero-order chi connectivity index (χ0) is 21.1. The number of aromatic nitrogens is 1. The number of hydrogen-bond acceptors (Lipinski definition) is 3. The lowest BCUT2D eigenvalue weighted by Gasteiger charge is -2.21. The zero-order valence-electron chi connectivity index (χ0n) is 16.9. The molecule has 0 aliphatic rings. The number of amides is 1. The molecule has 4 aromatic rings. The predicted octanol–water partition coefficient (Wildman–Crippen LogP) is 5.03. The van der Waals surface area contributed by atoms with Gasteiger partial charge in [-0.2, -0.15) is 0 Å². The second kappa shape index (κ2) is 8.25. The molecule has 30 heavy (non-hydrogen) atoms. The number of hydrogen-bond donors (Lipinski definition) is 1. The van der Waals surface area contributed by atoms with Gasteiger partial charge in [0.25, 0.3) is 5.91 Å². The van der Waals surface area contributed by atoms with Crippen molar-refractivity contribution in [2.24, 2.45) is 0 Å². The number of rotatable bonds is 5. The van der Waals surface area contributed by atoms with Gasteiger partial charge in [-0.25, -0.2) is 0 Å². The van der Waals surface area contributed by atoms with E-state index in [9.17, 15) is 9.59 Å². The maximum absolute atomic E-state index is 13.3. The number of pyridine rings is 1. The Hall–Kier alpha value is -3.86. The molecule has 2 aromatic carbocycles. The summed E-state index contributed by atoms with van der Waals surface area (Å²) < 4.78 is 7.50. The Labute approximate surface area is 174 Å². The van der Waals surface area contributed by atoms with Crippen molar-refractivity contribution in [2.45, 2.75) is 20.4 Å². The molecular formula is C25H22N2O3. The fourth-order valence-electron chi connectivity index (χ4n) is 3.58. The smallest absolute Gasteiger partial charge is 0.261 e. The highest BCUT2D eigenvalue weighted by Crippen LogP contribution is 2.28. The molecule has 0 saturated heterocycles. The highest BCUT2D eigenvalue weighted by molar-refractivity contribution is 6.08. The standard InChI is InChI=1S/C25H22N2O3/c1-17-9-6-7-13-21(17)24-23(25(29)26-19-10-4-3-5-11-19)22(28)15-18(2)27(24)16-20-12-8-14-30-20/h3-15H,16H2,1-2H3,(H,26,29). The summed E-state index contributed by atoms with van der Waals surface area (Å²) in [6.45, 7) is 4.25. The lowest BCUT2D eigenvalue weighted by molar-refractivity contribution is 0.102. The van der Waals surface area contributed by atoms with Crippen LogP contribution >= 0.6 is 0 Å². The summed E-state index contributed by atoms with van der Waals surface area (Å²) in [5.74, 6) is 0.309. The van der Waals surface area contributed by atoms with Crippen molar-refractivity contribution < 1.29 is 9.21 Å². The van der Waals surface area contributed by atoms with Crippen LogP contribution in [0, 0.1) is 13.8 Å². The number of carbonyl (C=O) groups is 1. The molecule has 0 atom stereocenters. The van der Waals surface area contributed by atoms with Crippen LogP contribution in [0.3, 0.4) is 0 Å². The number of carbonyl (C=O) groups excluding carboxylic acids is 1. The Morgan fingerprint density at radius 1 is 0.967 bits per heavy atom. The molecule has 0 aliphatic heterocycles. The van der Waals surface area contributed by atoms with Gasteiger partial charge in [-0.1, -0.05) is 42.5 Å². The predicted molar refractivity (Wildman–Crippen MR) is 118 cm³/mol. The molecular weight excluding hydrogens is 376 g/mol. The molecule has 0 spiro atoms. The summed E-state index contributed by atoms with van der Waals surface area (Å²) in [6, 6.07) is 22.1. The molecule has 0 saturated carbocycles. The summed E-state index contributed by atoms with van der Waals surface area (Å²) >= 11 is 0. The molecule has 1 N–H and O–H groups in total. The third-order valence-electron chi connectivity index (χ3n) is 5.07. The summed E-state index contributed by atoms with van der Waals surface area (Å²) in [6.07, 6.45) is 1.61. The second-order valence-electron chi connectivity index (χ2n) is 7.17. The lowest BCUT2D eigenvalue weighted by Crippen LogP contribution is -2.27. The van der Waals surface area contributed by atoms with E-state index < -0.39 is 5.91 Å². The first-order chi connectivity index (χ1) is 14.5. The van der Waals surface area contributed by atoms with Crippen molar-refractivity contribution in [1.82, 2.24) is 4.57 Å². The largest absolute Gasteiger partial charge is 0.467 e. The normalized spacial score (nSPS) is 10.7. The van der Waals surface area contributed by atoms with E-state index in [1.54, 1.807) is 18.4 Å². The molecule has 5 heteroatoms. The Kier molecular flexibility index (Phi) is 5.35. The van der Waals surface area contributed by atoms with E-state index in [1.165, 1.54) is 6.07 Å². The van der Waals surface area contributed by atoms with Gasteiger partial charge in [0, 0.05) is 23.0 Å². The van der Waals surface area contributed by atoms with Crippen LogP contribution in [0.15, 0.2) is 88.3 Å². The molecule has 0 unspecified atom stereocenters. The third-order valence-corrected chi connectivity index (χ3v) is 5.07. The van der Waals surface area contributed by atoms with Gasteiger partial charge in [0.15, 0.2) is 5.43 Å². The van der Waals surface area contributed by atoms with Gasteiger partial charge in [-0.05, 0) is 43.7 Å². The van der Waals surface area contributed by atoms with Crippen molar-refractivity contribution in [3.05, 3.63) is 112 Å². The first kappa shape index (κ1) is 19.5. The van der Waals surface area contributed by atoms with Crippen LogP contribution in [0.2, 0.25) is 0 Å². The first-order valence-corrected chi connectivity index (χ1v) is 9.74. The molecule has 0 fully saturated rings. The minimum absolute atomic E-state index is 0.116. The van der Waals surface area contributed by atoms with Crippen molar-refractivity contribution in [3.63, 3.8) is 0 Å². The minimum atomic E-state index is -0.433. The van der Waals surface area contributed by atoms with E-state index in [-0.39, 0.29) is 11.0 Å². The Morgan fingerprint density at radius 3 is 2.40 bits per heavy atom. The molecule has 1 amide bonds. The van der Waals surface area contributed by atoms with Crippen molar-refractivity contribution in [3.8, 4) is 11.3 Å². The van der Waals surface area contributed by atoms with Crippen LogP contribution in [0.5, 0.6) is 0 Å². The van der Waals surface area contributed by atoms with E-state index in [2.05, 4.69) is 5.32 Å². The van der Waals surface area contributed by atoms with Gasteiger partial charge in [0.2, 0.25) is 0 Å². The van der Waals surface area contributed by atoms with E-state index >= 15 is 0 Å². The highest BCUT2D eigenvalue weighted by Gasteiger charge is 2.23. The van der Waals surface area contributed by atoms with Gasteiger partial charge >= 0.3 is 0 Å². The van der Waals surface area contributed by atoms with Crippen LogP contribution in [0.25, 0.3) is 11.3 Å². The van der Waals surface area contributed by atoms with E-state index in [4.69, 9.17) is 4.42 Å². The van der Waals surface area contributed by atoms with Crippen LogP contribution in [-0.2, 0) is 6.54 Å². The van der Waals surface area contributed by atoms with Gasteiger partial charge in [-0.3, -0.25) is 9.59 Å². The number of benzene rings is 2. The molecule has 2 heterocycles. The van der Waals surface area contributed by atoms with E-state index in [1.807, 2.05) is 73.0 Å². The van der Waals surface area contributed by atoms with Gasteiger partial charge in [-0.15, -0.1) is 0 Å². The Morgan fingerprint density at radius 2 is 1.70 bits per heavy atom. The minimum Gasteiger partial charge on any atom is -0.467 e. The zero-order valence-corrected chi connectivity index (χ0v) is 16.9. The monoisotopic (exact) mass is 398 g/mol. The van der Waals surface area contributed by atoms with Crippen LogP contribution in [0.1, 0.15) is 27.4 Å². The summed E-state index contributed by atoms with van der Waals surface area (Å²) in [5.41, 5.74) is 3.59. The highest BCUT2D eigenvalue weighted by atomic mass is 16.3. The molecule has 0 radical (unpaired) electrons. The van der Waals surface area contributed by atoms with E-state index in [0.29, 0.717) is 17.9 Å². The quantitative estimate of drug-likeness (QED) is 0.513. The number of anilines is 1. The SMILES string of the molecule is Cc1ccccc1-c1c(C(=O)Nc2ccccc2)c(=O)cc(C)n1Cc1ccco1. The third kappa shape index (κ3) is 3.82. The van der Waals surface area contributed by atoms with Gasteiger partial charge in [0.1, 0.15) is 11.3 Å². The maximum Gasteiger partial charge on any atom is 0.261 e. The first-order valence-electron chi connectivity index (χ1n) is 9.74. The van der Waals surface area contributed by atoms with Crippen LogP contribution in [-0.4, -0.2) is 10.5 Å². The molecule has 2 aromatic heterocycles. The average Bonchev–Trinajstić information content (AvgIpc) is 3.24. The number of nitrogens with one attached hydrogen (secondary N) is 1. The molecule has 5 nitrogen and oxygen atoms in total. The summed E-state index contributed by atoms with van der Waals surface area (Å²) in [4.78, 5) is 26.3. The number of aryl methyl sites for hydroxylation is 2. The Bertz CT molecular complexity index is 1240. The second-order valence-corrected chi connectivity index (χ2v) is 7.17. The van der Waals surface area contributed by atoms with Gasteiger partial charge < -0.3 is 14.3 Å². The summed E-state index contributed by atoms with van der Waals surface area (Å²) in [7, 11) is 0. The maximum atomic E-state index is 13.3. The van der Waals surface area contributed by atoms with Crippen molar-refractivity contribution >= 4 is 11.6 Å². The van der Waals surface area contributed by atoms with Gasteiger partial charge in [0.05, 0.1) is 18.5 Å². The van der Waals surface area contributed by atoms with E-state index in [0.717, 1.165) is 22.6 Å². The van der Waals surface area contributed by atoms with Crippen LogP contribution < -0.4 is 10.7 Å². The van der Waals surface area contributed by atoms with Crippen molar-refractivity contribution in [2.75, 3.05) is 5.32 Å². The fourth-order valence-corrected chi connectivity index (χ4v) is 3.58. The number of furan rings is 1. The number of para-hydroxylation sites is 1. The van der Waals surface area contributed by atoms with Crippen molar-refractivity contribution in [1.29, 1.82) is 0 Å². The lowest BCUT2D eigenvalue weighted by atomic mass is 9.98. The molecule has 0 bridgehead atoms. The fraction of sp³-hybridized carbons (Fsp3) is 0.120. The van der Waals surface area contributed by atoms with Crippen LogP contribution in [0.4, 0.5) is 5.69 Å².